The zero-order valence-electron chi connectivity index (χ0n) is 19.0. The molecule has 1 spiro atoms. The summed E-state index contributed by atoms with van der Waals surface area (Å²) in [5.41, 5.74) is -1.29. The first-order chi connectivity index (χ1) is 15.4. The number of piperidine rings is 1. The molecule has 2 fully saturated rings. The smallest absolute Gasteiger partial charge is 0.250 e. The minimum atomic E-state index is -2.16. The molecule has 3 rings (SSSR count). The van der Waals surface area contributed by atoms with Crippen molar-refractivity contribution in [3.05, 3.63) is 35.4 Å². The molecular weight excluding hydrogens is 424 g/mol. The topological polar surface area (TPSA) is 32.8 Å². The zero-order chi connectivity index (χ0) is 25.9. The lowest BCUT2D eigenvalue weighted by atomic mass is 9.26. The van der Waals surface area contributed by atoms with E-state index in [1.165, 1.54) is 11.8 Å². The summed E-state index contributed by atoms with van der Waals surface area (Å²) < 4.78 is 34.2. The molecule has 15 heteroatoms. The average molecular weight is 441 g/mol. The standard InChI is InChI=1S/C19H17B9F2N2O2/c1-10-14(33)32(19(27,28)17(22,23)24)9-15(34-10)4-6-31(7-5-15)18(25,26)16(20,21)12-8-11(29)2-3-13(12)30/h2-3,8,10H,4-7,9H2,1H3. The van der Waals surface area contributed by atoms with Gasteiger partial charge in [0.25, 0.3) is 5.91 Å². The maximum absolute atomic E-state index is 14.4. The number of carbonyl (C=O) groups is 1. The minimum Gasteiger partial charge on any atom is -0.360 e. The number of benzene rings is 1. The second kappa shape index (κ2) is 8.86. The van der Waals surface area contributed by atoms with Crippen LogP contribution in [0.5, 0.6) is 0 Å². The van der Waals surface area contributed by atoms with Gasteiger partial charge in [-0.3, -0.25) is 4.79 Å². The van der Waals surface area contributed by atoms with Crippen LogP contribution in [-0.4, -0.2) is 128 Å². The first kappa shape index (κ1) is 27.6. The van der Waals surface area contributed by atoms with Crippen LogP contribution >= 0.6 is 0 Å². The van der Waals surface area contributed by atoms with Crippen molar-refractivity contribution in [2.75, 3.05) is 19.6 Å². The van der Waals surface area contributed by atoms with Crippen molar-refractivity contribution in [1.82, 2.24) is 9.80 Å². The van der Waals surface area contributed by atoms with Crippen molar-refractivity contribution in [3.63, 3.8) is 0 Å². The van der Waals surface area contributed by atoms with Crippen molar-refractivity contribution in [3.8, 4) is 0 Å². The van der Waals surface area contributed by atoms with E-state index < -0.39 is 50.2 Å². The quantitative estimate of drug-likeness (QED) is 0.502. The van der Waals surface area contributed by atoms with Crippen LogP contribution in [0.4, 0.5) is 8.78 Å². The lowest BCUT2D eigenvalue weighted by Crippen LogP contribution is -2.72. The molecule has 0 bridgehead atoms. The predicted octanol–water partition coefficient (Wildman–Crippen LogP) is -1.90. The molecule has 2 aliphatic rings. The Kier molecular flexibility index (Phi) is 7.21. The highest BCUT2D eigenvalue weighted by Crippen LogP contribution is 2.41. The number of nitrogens with zero attached hydrogens (tertiary/aromatic N) is 2. The van der Waals surface area contributed by atoms with Crippen LogP contribution in [-0.2, 0) is 14.7 Å². The molecule has 0 aromatic heterocycles. The van der Waals surface area contributed by atoms with Gasteiger partial charge in [0.15, 0.2) is 0 Å². The summed E-state index contributed by atoms with van der Waals surface area (Å²) in [6, 6.07) is 2.67. The Hall–Kier alpha value is -0.946. The third-order valence-corrected chi connectivity index (χ3v) is 6.86. The van der Waals surface area contributed by atoms with E-state index in [0.717, 1.165) is 23.1 Å². The molecule has 0 N–H and O–H groups in total. The van der Waals surface area contributed by atoms with Gasteiger partial charge in [-0.2, -0.15) is 0 Å². The van der Waals surface area contributed by atoms with Gasteiger partial charge >= 0.3 is 0 Å². The second-order valence-electron chi connectivity index (χ2n) is 9.43. The lowest BCUT2D eigenvalue weighted by molar-refractivity contribution is -0.193. The third-order valence-electron chi connectivity index (χ3n) is 6.86. The first-order valence-electron chi connectivity index (χ1n) is 10.7. The second-order valence-corrected chi connectivity index (χ2v) is 9.43. The Morgan fingerprint density at radius 3 is 2.06 bits per heavy atom. The number of amides is 1. The summed E-state index contributed by atoms with van der Waals surface area (Å²) in [5.74, 6) is -2.13. The Balaban J connectivity index is 1.83. The molecule has 2 aliphatic heterocycles. The van der Waals surface area contributed by atoms with Crippen LogP contribution in [0.2, 0.25) is 5.11 Å². The van der Waals surface area contributed by atoms with Crippen molar-refractivity contribution in [2.24, 2.45) is 0 Å². The number of hydrogen-bond acceptors (Lipinski definition) is 3. The van der Waals surface area contributed by atoms with Gasteiger partial charge in [-0.05, 0) is 62.0 Å². The largest absolute Gasteiger partial charge is 0.360 e. The fraction of sp³-hybridized carbons (Fsp3) is 0.632. The molecule has 2 saturated heterocycles. The number of morpholine rings is 1. The van der Waals surface area contributed by atoms with Gasteiger partial charge in [0.2, 0.25) is 0 Å². The van der Waals surface area contributed by atoms with E-state index in [0.29, 0.717) is 0 Å². The van der Waals surface area contributed by atoms with Crippen LogP contribution in [0.3, 0.4) is 0 Å². The Morgan fingerprint density at radius 2 is 1.53 bits per heavy atom. The Bertz CT molecular complexity index is 950. The van der Waals surface area contributed by atoms with Gasteiger partial charge in [0, 0.05) is 6.54 Å². The number of rotatable bonds is 5. The lowest BCUT2D eigenvalue weighted by Gasteiger charge is -2.60. The van der Waals surface area contributed by atoms with Gasteiger partial charge < -0.3 is 14.5 Å². The number of ether oxygens (including phenoxy) is 1. The zero-order valence-corrected chi connectivity index (χ0v) is 19.0. The molecule has 1 aromatic carbocycles. The number of likely N-dealkylation sites (tertiary alicyclic amines) is 1. The van der Waals surface area contributed by atoms with Gasteiger partial charge in [0.05, 0.1) is 76.2 Å². The number of carbonyl (C=O) groups excluding carboxylic acids is 1. The van der Waals surface area contributed by atoms with Gasteiger partial charge in [-0.15, -0.1) is 5.11 Å². The predicted molar refractivity (Wildman–Crippen MR) is 134 cm³/mol. The van der Waals surface area contributed by atoms with Gasteiger partial charge in [-0.1, -0.05) is 10.6 Å². The van der Waals surface area contributed by atoms with Crippen molar-refractivity contribution >= 4 is 76.5 Å². The molecule has 1 unspecified atom stereocenters. The average Bonchev–Trinajstić information content (AvgIpc) is 2.71. The molecule has 1 atom stereocenters. The summed E-state index contributed by atoms with van der Waals surface area (Å²) >= 11 is 0. The summed E-state index contributed by atoms with van der Waals surface area (Å²) in [7, 11) is 54.2. The van der Waals surface area contributed by atoms with Crippen LogP contribution in [0.15, 0.2) is 18.2 Å². The van der Waals surface area contributed by atoms with Crippen molar-refractivity contribution in [2.45, 2.75) is 52.5 Å². The monoisotopic (exact) mass is 442 g/mol. The summed E-state index contributed by atoms with van der Waals surface area (Å²) in [4.78, 5) is 15.4. The Morgan fingerprint density at radius 1 is 0.971 bits per heavy atom. The molecule has 18 radical (unpaired) electrons. The molecular formula is C19H17B9F2N2O2. The van der Waals surface area contributed by atoms with Crippen LogP contribution in [0.25, 0.3) is 0 Å². The van der Waals surface area contributed by atoms with Crippen LogP contribution in [0, 0.1) is 11.6 Å². The summed E-state index contributed by atoms with van der Waals surface area (Å²) in [5, 5.41) is -8.31. The maximum Gasteiger partial charge on any atom is 0.250 e. The van der Waals surface area contributed by atoms with Crippen LogP contribution in [0.1, 0.15) is 25.3 Å². The molecule has 1 aromatic rings. The molecule has 156 valence electrons. The van der Waals surface area contributed by atoms with Crippen molar-refractivity contribution in [1.29, 1.82) is 0 Å². The maximum atomic E-state index is 14.4. The number of halogens is 2. The normalized spacial score (nSPS) is 22.7. The van der Waals surface area contributed by atoms with E-state index in [9.17, 15) is 13.6 Å². The first-order valence-corrected chi connectivity index (χ1v) is 10.7. The fourth-order valence-electron chi connectivity index (χ4n) is 4.45. The molecule has 2 heterocycles. The van der Waals surface area contributed by atoms with E-state index in [1.54, 1.807) is 0 Å². The minimum absolute atomic E-state index is 0.0541. The fourth-order valence-corrected chi connectivity index (χ4v) is 4.45. The summed E-state index contributed by atoms with van der Waals surface area (Å²) in [6.07, 6.45) is -0.358. The van der Waals surface area contributed by atoms with E-state index in [4.69, 9.17) is 75.4 Å². The van der Waals surface area contributed by atoms with Gasteiger partial charge in [-0.25, -0.2) is 8.78 Å². The molecule has 4 nitrogen and oxygen atoms in total. The Labute approximate surface area is 212 Å². The molecule has 34 heavy (non-hydrogen) atoms. The van der Waals surface area contributed by atoms with E-state index >= 15 is 0 Å². The molecule has 0 aliphatic carbocycles. The van der Waals surface area contributed by atoms with E-state index in [2.05, 4.69) is 0 Å². The van der Waals surface area contributed by atoms with E-state index in [1.807, 2.05) is 0 Å². The highest BCUT2D eigenvalue weighted by molar-refractivity contribution is 6.67. The van der Waals surface area contributed by atoms with Gasteiger partial charge in [0.1, 0.15) is 17.7 Å². The molecule has 1 amide bonds. The number of hydrogen-bond donors (Lipinski definition) is 0. The van der Waals surface area contributed by atoms with Crippen molar-refractivity contribution < 1.29 is 18.3 Å². The highest BCUT2D eigenvalue weighted by atomic mass is 19.1. The molecule has 0 saturated carbocycles. The van der Waals surface area contributed by atoms with Crippen LogP contribution < -0.4 is 0 Å². The van der Waals surface area contributed by atoms with E-state index in [-0.39, 0.29) is 38.0 Å². The summed E-state index contributed by atoms with van der Waals surface area (Å²) in [6.45, 7) is 1.84. The highest BCUT2D eigenvalue weighted by Gasteiger charge is 2.52. The third kappa shape index (κ3) is 4.60. The SMILES string of the molecule is [B]C([B])([B])C([B])([B])N1CC2(CCN(C([B])([B])C([B])([B])c3cc(F)ccc3F)CC2)OC(C)C1=O.